The number of nitrogens with one attached hydrogen (secondary N) is 2. The number of rotatable bonds is 8. The van der Waals surface area contributed by atoms with Crippen molar-refractivity contribution in [3.8, 4) is 0 Å². The summed E-state index contributed by atoms with van der Waals surface area (Å²) in [5.74, 6) is -0.326. The molecule has 0 fully saturated rings. The highest BCUT2D eigenvalue weighted by atomic mass is 32.1. The zero-order chi connectivity index (χ0) is 20.8. The van der Waals surface area contributed by atoms with Crippen molar-refractivity contribution in [3.63, 3.8) is 0 Å². The van der Waals surface area contributed by atoms with Gasteiger partial charge in [-0.15, -0.1) is 11.3 Å². The molecule has 0 saturated carbocycles. The van der Waals surface area contributed by atoms with Gasteiger partial charge in [0.15, 0.2) is 10.9 Å². The smallest absolute Gasteiger partial charge is 0.293 e. The lowest BCUT2D eigenvalue weighted by molar-refractivity contribution is -0.115. The topological polar surface area (TPSA) is 87.5 Å². The van der Waals surface area contributed by atoms with Crippen LogP contribution < -0.4 is 15.5 Å². The van der Waals surface area contributed by atoms with Gasteiger partial charge >= 0.3 is 0 Å². The van der Waals surface area contributed by atoms with Crippen molar-refractivity contribution in [1.29, 1.82) is 0 Å². The summed E-state index contributed by atoms with van der Waals surface area (Å²) < 4.78 is 5.05. The average molecular weight is 413 g/mol. The highest BCUT2D eigenvalue weighted by Crippen LogP contribution is 2.21. The van der Waals surface area contributed by atoms with Gasteiger partial charge in [-0.3, -0.25) is 14.9 Å². The molecule has 29 heavy (non-hydrogen) atoms. The normalized spacial score (nSPS) is 10.8. The lowest BCUT2D eigenvalue weighted by atomic mass is 10.2. The van der Waals surface area contributed by atoms with E-state index in [-0.39, 0.29) is 24.0 Å². The number of hydrogen-bond acceptors (Lipinski definition) is 6. The predicted molar refractivity (Wildman–Crippen MR) is 116 cm³/mol. The number of furan rings is 1. The number of aromatic nitrogens is 1. The van der Waals surface area contributed by atoms with Gasteiger partial charge in [-0.1, -0.05) is 0 Å². The summed E-state index contributed by atoms with van der Waals surface area (Å²) in [6.07, 6.45) is 1.56. The zero-order valence-electron chi connectivity index (χ0n) is 16.6. The van der Waals surface area contributed by atoms with Gasteiger partial charge in [-0.2, -0.15) is 0 Å². The minimum Gasteiger partial charge on any atom is -0.459 e. The standard InChI is InChI=1S/C21H24N4O3S/c1-4-25(14(2)3)17-9-7-15(8-10-17)22-19(26)12-16-13-29-21(23-16)24-20(27)18-6-5-11-28-18/h5-11,13-14H,4,12H2,1-3H3,(H,22,26)(H,23,24,27). The molecule has 0 saturated heterocycles. The van der Waals surface area contributed by atoms with Crippen molar-refractivity contribution in [2.75, 3.05) is 22.1 Å². The average Bonchev–Trinajstić information content (AvgIpc) is 3.35. The summed E-state index contributed by atoms with van der Waals surface area (Å²) in [5, 5.41) is 7.71. The summed E-state index contributed by atoms with van der Waals surface area (Å²) in [5.41, 5.74) is 2.45. The minimum absolute atomic E-state index is 0.127. The third-order valence-corrected chi connectivity index (χ3v) is 5.11. The van der Waals surface area contributed by atoms with Gasteiger partial charge < -0.3 is 14.6 Å². The largest absolute Gasteiger partial charge is 0.459 e. The van der Waals surface area contributed by atoms with E-state index in [0.717, 1.165) is 17.9 Å². The van der Waals surface area contributed by atoms with E-state index in [2.05, 4.69) is 41.3 Å². The van der Waals surface area contributed by atoms with E-state index in [9.17, 15) is 9.59 Å². The number of benzene rings is 1. The van der Waals surface area contributed by atoms with Crippen LogP contribution in [0.5, 0.6) is 0 Å². The van der Waals surface area contributed by atoms with Crippen LogP contribution in [0, 0.1) is 0 Å². The van der Waals surface area contributed by atoms with Crippen LogP contribution in [0.3, 0.4) is 0 Å². The molecule has 7 nitrogen and oxygen atoms in total. The van der Waals surface area contributed by atoms with E-state index in [4.69, 9.17) is 4.42 Å². The van der Waals surface area contributed by atoms with Crippen LogP contribution in [0.15, 0.2) is 52.5 Å². The number of carbonyl (C=O) groups excluding carboxylic acids is 2. The summed E-state index contributed by atoms with van der Waals surface area (Å²) in [7, 11) is 0. The Hall–Kier alpha value is -3.13. The Morgan fingerprint density at radius 2 is 1.93 bits per heavy atom. The first-order chi connectivity index (χ1) is 14.0. The molecule has 2 heterocycles. The Morgan fingerprint density at radius 3 is 2.55 bits per heavy atom. The molecule has 1 aromatic carbocycles. The molecule has 0 aliphatic heterocycles. The first kappa shape index (κ1) is 20.6. The van der Waals surface area contributed by atoms with Gasteiger partial charge in [0.2, 0.25) is 5.91 Å². The quantitative estimate of drug-likeness (QED) is 0.572. The number of anilines is 3. The van der Waals surface area contributed by atoms with Crippen molar-refractivity contribution in [2.24, 2.45) is 0 Å². The van der Waals surface area contributed by atoms with E-state index in [1.807, 2.05) is 24.3 Å². The Balaban J connectivity index is 1.54. The third kappa shape index (κ3) is 5.45. The Morgan fingerprint density at radius 1 is 1.17 bits per heavy atom. The first-order valence-electron chi connectivity index (χ1n) is 9.42. The minimum atomic E-state index is -0.372. The molecule has 0 atom stereocenters. The van der Waals surface area contributed by atoms with Crippen molar-refractivity contribution in [3.05, 3.63) is 59.5 Å². The van der Waals surface area contributed by atoms with Crippen molar-refractivity contribution < 1.29 is 14.0 Å². The van der Waals surface area contributed by atoms with Crippen LogP contribution in [0.2, 0.25) is 0 Å². The summed E-state index contributed by atoms with van der Waals surface area (Å²) >= 11 is 1.26. The maximum Gasteiger partial charge on any atom is 0.293 e. The fraction of sp³-hybridized carbons (Fsp3) is 0.286. The Bertz CT molecular complexity index is 949. The molecular weight excluding hydrogens is 388 g/mol. The van der Waals surface area contributed by atoms with E-state index in [1.165, 1.54) is 17.6 Å². The maximum atomic E-state index is 12.3. The van der Waals surface area contributed by atoms with E-state index >= 15 is 0 Å². The number of amides is 2. The van der Waals surface area contributed by atoms with Crippen LogP contribution >= 0.6 is 11.3 Å². The lowest BCUT2D eigenvalue weighted by Crippen LogP contribution is -2.30. The number of hydrogen-bond donors (Lipinski definition) is 2. The van der Waals surface area contributed by atoms with Crippen LogP contribution in [-0.4, -0.2) is 29.4 Å². The second-order valence-electron chi connectivity index (χ2n) is 6.73. The van der Waals surface area contributed by atoms with Gasteiger partial charge in [0, 0.05) is 29.3 Å². The van der Waals surface area contributed by atoms with Crippen molar-refractivity contribution in [1.82, 2.24) is 4.98 Å². The molecule has 0 aliphatic carbocycles. The monoisotopic (exact) mass is 412 g/mol. The van der Waals surface area contributed by atoms with Gasteiger partial charge in [-0.25, -0.2) is 4.98 Å². The van der Waals surface area contributed by atoms with Crippen LogP contribution in [0.4, 0.5) is 16.5 Å². The van der Waals surface area contributed by atoms with Gasteiger partial charge in [0.05, 0.1) is 18.4 Å². The summed E-state index contributed by atoms with van der Waals surface area (Å²) in [6.45, 7) is 7.34. The molecule has 2 N–H and O–H groups in total. The maximum absolute atomic E-state index is 12.3. The van der Waals surface area contributed by atoms with Crippen LogP contribution in [-0.2, 0) is 11.2 Å². The highest BCUT2D eigenvalue weighted by molar-refractivity contribution is 7.14. The van der Waals surface area contributed by atoms with Crippen LogP contribution in [0.1, 0.15) is 37.0 Å². The highest BCUT2D eigenvalue weighted by Gasteiger charge is 2.13. The lowest BCUT2D eigenvalue weighted by Gasteiger charge is -2.27. The third-order valence-electron chi connectivity index (χ3n) is 4.31. The van der Waals surface area contributed by atoms with E-state index in [1.54, 1.807) is 17.5 Å². The summed E-state index contributed by atoms with van der Waals surface area (Å²) in [4.78, 5) is 30.9. The molecule has 0 spiro atoms. The zero-order valence-corrected chi connectivity index (χ0v) is 17.5. The summed E-state index contributed by atoms with van der Waals surface area (Å²) in [6, 6.07) is 11.4. The second kappa shape index (κ2) is 9.38. The van der Waals surface area contributed by atoms with Crippen molar-refractivity contribution >= 4 is 39.7 Å². The SMILES string of the molecule is CCN(c1ccc(NC(=O)Cc2csc(NC(=O)c3ccco3)n2)cc1)C(C)C. The molecule has 2 amide bonds. The second-order valence-corrected chi connectivity index (χ2v) is 7.59. The van der Waals surface area contributed by atoms with Gasteiger partial charge in [-0.05, 0) is 57.2 Å². The predicted octanol–water partition coefficient (Wildman–Crippen LogP) is 4.40. The Kier molecular flexibility index (Phi) is 6.66. The van der Waals surface area contributed by atoms with Crippen LogP contribution in [0.25, 0.3) is 0 Å². The molecule has 2 aromatic heterocycles. The molecule has 3 aromatic rings. The van der Waals surface area contributed by atoms with Gasteiger partial charge in [0.25, 0.3) is 5.91 Å². The number of thiazole rings is 1. The molecule has 8 heteroatoms. The molecular formula is C21H24N4O3S. The Labute approximate surface area is 173 Å². The number of nitrogens with zero attached hydrogens (tertiary/aromatic N) is 2. The van der Waals surface area contributed by atoms with Gasteiger partial charge in [0.1, 0.15) is 0 Å². The number of carbonyl (C=O) groups is 2. The van der Waals surface area contributed by atoms with E-state index in [0.29, 0.717) is 16.9 Å². The van der Waals surface area contributed by atoms with Crippen molar-refractivity contribution in [2.45, 2.75) is 33.2 Å². The molecule has 0 aliphatic rings. The first-order valence-corrected chi connectivity index (χ1v) is 10.3. The molecule has 0 bridgehead atoms. The fourth-order valence-corrected chi connectivity index (χ4v) is 3.67. The molecule has 0 radical (unpaired) electrons. The molecule has 3 rings (SSSR count). The fourth-order valence-electron chi connectivity index (χ4n) is 2.96. The van der Waals surface area contributed by atoms with E-state index < -0.39 is 0 Å². The molecule has 152 valence electrons. The molecule has 0 unspecified atom stereocenters.